The van der Waals surface area contributed by atoms with Crippen molar-refractivity contribution >= 4 is 17.2 Å². The molecule has 1 N–H and O–H groups in total. The van der Waals surface area contributed by atoms with Crippen LogP contribution in [-0.2, 0) is 6.61 Å². The van der Waals surface area contributed by atoms with Crippen molar-refractivity contribution < 1.29 is 9.53 Å². The van der Waals surface area contributed by atoms with Crippen LogP contribution in [0, 0.1) is 6.92 Å². The van der Waals surface area contributed by atoms with Gasteiger partial charge in [-0.25, -0.2) is 0 Å². The number of ether oxygens (including phenoxy) is 1. The van der Waals surface area contributed by atoms with Crippen LogP contribution in [0.2, 0.25) is 0 Å². The van der Waals surface area contributed by atoms with Crippen molar-refractivity contribution in [1.29, 1.82) is 0 Å². The number of carbonyl (C=O) groups excluding carboxylic acids is 1. The molecule has 1 heterocycles. The van der Waals surface area contributed by atoms with Gasteiger partial charge in [-0.05, 0) is 50.2 Å². The third kappa shape index (κ3) is 5.16. The summed E-state index contributed by atoms with van der Waals surface area (Å²) in [6.07, 6.45) is 0. The van der Waals surface area contributed by atoms with E-state index in [1.165, 1.54) is 16.9 Å². The minimum Gasteiger partial charge on any atom is -0.489 e. The van der Waals surface area contributed by atoms with E-state index >= 15 is 0 Å². The number of likely N-dealkylation sites (N-methyl/N-ethyl adjacent to an activating group) is 1. The third-order valence-corrected chi connectivity index (χ3v) is 4.09. The molecule has 0 fully saturated rings. The summed E-state index contributed by atoms with van der Waals surface area (Å²) in [4.78, 5) is 14.8. The molecule has 118 valence electrons. The molecule has 0 saturated heterocycles. The molecule has 0 radical (unpaired) electrons. The topological polar surface area (TPSA) is 41.6 Å². The maximum atomic E-state index is 12.0. The molecule has 0 spiro atoms. The molecule has 1 aromatic carbocycles. The largest absolute Gasteiger partial charge is 0.489 e. The number of amides is 1. The second kappa shape index (κ2) is 7.96. The Morgan fingerprint density at radius 1 is 1.32 bits per heavy atom. The lowest BCUT2D eigenvalue weighted by molar-refractivity contribution is 0.0955. The molecule has 2 rings (SSSR count). The molecule has 0 unspecified atom stereocenters. The first kappa shape index (κ1) is 16.5. The van der Waals surface area contributed by atoms with Crippen LogP contribution in [-0.4, -0.2) is 38.0 Å². The lowest BCUT2D eigenvalue weighted by Gasteiger charge is -2.09. The molecule has 1 amide bonds. The van der Waals surface area contributed by atoms with Crippen LogP contribution >= 0.6 is 11.3 Å². The Labute approximate surface area is 135 Å². The van der Waals surface area contributed by atoms with E-state index in [-0.39, 0.29) is 5.91 Å². The van der Waals surface area contributed by atoms with Crippen LogP contribution in [0.15, 0.2) is 35.7 Å². The predicted octanol–water partition coefficient (Wildman–Crippen LogP) is 2.93. The van der Waals surface area contributed by atoms with E-state index in [9.17, 15) is 4.79 Å². The van der Waals surface area contributed by atoms with E-state index in [1.54, 1.807) is 0 Å². The number of benzene rings is 1. The number of thiophene rings is 1. The van der Waals surface area contributed by atoms with Gasteiger partial charge in [-0.1, -0.05) is 12.1 Å². The van der Waals surface area contributed by atoms with Crippen LogP contribution in [0.5, 0.6) is 5.75 Å². The monoisotopic (exact) mass is 318 g/mol. The molecule has 1 aromatic heterocycles. The summed E-state index contributed by atoms with van der Waals surface area (Å²) in [5, 5.41) is 4.88. The number of aryl methyl sites for hydroxylation is 1. The summed E-state index contributed by atoms with van der Waals surface area (Å²) < 4.78 is 5.75. The normalized spacial score (nSPS) is 10.7. The maximum Gasteiger partial charge on any atom is 0.261 e. The average Bonchev–Trinajstić information content (AvgIpc) is 2.94. The molecule has 0 atom stereocenters. The summed E-state index contributed by atoms with van der Waals surface area (Å²) >= 11 is 1.45. The molecule has 2 aromatic rings. The first-order valence-corrected chi connectivity index (χ1v) is 8.12. The SMILES string of the molecule is Cc1cccc(OCc2csc(C(=O)NCCN(C)C)c2)c1. The van der Waals surface area contributed by atoms with Gasteiger partial charge in [0.05, 0.1) is 4.88 Å². The van der Waals surface area contributed by atoms with Crippen molar-refractivity contribution in [1.82, 2.24) is 10.2 Å². The van der Waals surface area contributed by atoms with Crippen molar-refractivity contribution in [2.24, 2.45) is 0 Å². The molecule has 0 aliphatic carbocycles. The molecule has 0 saturated carbocycles. The fourth-order valence-electron chi connectivity index (χ4n) is 1.92. The second-order valence-electron chi connectivity index (χ2n) is 5.48. The van der Waals surface area contributed by atoms with E-state index in [1.807, 2.05) is 61.6 Å². The van der Waals surface area contributed by atoms with Crippen LogP contribution in [0.25, 0.3) is 0 Å². The van der Waals surface area contributed by atoms with E-state index in [4.69, 9.17) is 4.74 Å². The summed E-state index contributed by atoms with van der Waals surface area (Å²) in [7, 11) is 3.97. The van der Waals surface area contributed by atoms with Gasteiger partial charge in [-0.15, -0.1) is 11.3 Å². The number of nitrogens with one attached hydrogen (secondary N) is 1. The fourth-order valence-corrected chi connectivity index (χ4v) is 2.74. The summed E-state index contributed by atoms with van der Waals surface area (Å²) in [6.45, 7) is 4.00. The van der Waals surface area contributed by atoms with Gasteiger partial charge in [-0.2, -0.15) is 0 Å². The van der Waals surface area contributed by atoms with E-state index in [0.29, 0.717) is 13.2 Å². The number of carbonyl (C=O) groups is 1. The Kier molecular flexibility index (Phi) is 5.98. The number of hydrogen-bond donors (Lipinski definition) is 1. The van der Waals surface area contributed by atoms with Crippen LogP contribution in [0.3, 0.4) is 0 Å². The maximum absolute atomic E-state index is 12.0. The van der Waals surface area contributed by atoms with Gasteiger partial charge in [0, 0.05) is 18.7 Å². The van der Waals surface area contributed by atoms with Crippen molar-refractivity contribution in [2.45, 2.75) is 13.5 Å². The number of hydrogen-bond acceptors (Lipinski definition) is 4. The number of nitrogens with zero attached hydrogens (tertiary/aromatic N) is 1. The minimum atomic E-state index is -0.0198. The number of rotatable bonds is 7. The van der Waals surface area contributed by atoms with Gasteiger partial charge in [0.2, 0.25) is 0 Å². The predicted molar refractivity (Wildman–Crippen MR) is 90.7 cm³/mol. The third-order valence-electron chi connectivity index (χ3n) is 3.12. The van der Waals surface area contributed by atoms with Gasteiger partial charge in [0.15, 0.2) is 0 Å². The van der Waals surface area contributed by atoms with Gasteiger partial charge in [0.1, 0.15) is 12.4 Å². The van der Waals surface area contributed by atoms with Gasteiger partial charge < -0.3 is 15.0 Å². The first-order chi connectivity index (χ1) is 10.5. The summed E-state index contributed by atoms with van der Waals surface area (Å²) in [5.41, 5.74) is 2.19. The Bertz CT molecular complexity index is 623. The van der Waals surface area contributed by atoms with E-state index in [2.05, 4.69) is 5.32 Å². The van der Waals surface area contributed by atoms with Crippen LogP contribution in [0.1, 0.15) is 20.8 Å². The zero-order valence-electron chi connectivity index (χ0n) is 13.3. The van der Waals surface area contributed by atoms with Crippen molar-refractivity contribution in [2.75, 3.05) is 27.2 Å². The molecule has 4 nitrogen and oxygen atoms in total. The molecular weight excluding hydrogens is 296 g/mol. The van der Waals surface area contributed by atoms with Gasteiger partial charge in [0.25, 0.3) is 5.91 Å². The van der Waals surface area contributed by atoms with Gasteiger partial charge in [-0.3, -0.25) is 4.79 Å². The highest BCUT2D eigenvalue weighted by molar-refractivity contribution is 7.12. The quantitative estimate of drug-likeness (QED) is 0.853. The first-order valence-electron chi connectivity index (χ1n) is 7.24. The van der Waals surface area contributed by atoms with Crippen molar-refractivity contribution in [3.05, 3.63) is 51.7 Å². The smallest absolute Gasteiger partial charge is 0.261 e. The van der Waals surface area contributed by atoms with Crippen molar-refractivity contribution in [3.8, 4) is 5.75 Å². The molecule has 22 heavy (non-hydrogen) atoms. The van der Waals surface area contributed by atoms with E-state index in [0.717, 1.165) is 22.7 Å². The van der Waals surface area contributed by atoms with E-state index < -0.39 is 0 Å². The Balaban J connectivity index is 1.84. The second-order valence-corrected chi connectivity index (χ2v) is 6.39. The Morgan fingerprint density at radius 3 is 2.86 bits per heavy atom. The zero-order chi connectivity index (χ0) is 15.9. The lowest BCUT2D eigenvalue weighted by atomic mass is 10.2. The molecule has 5 heteroatoms. The minimum absolute atomic E-state index is 0.0198. The summed E-state index contributed by atoms with van der Waals surface area (Å²) in [6, 6.07) is 9.84. The Hall–Kier alpha value is -1.85. The fraction of sp³-hybridized carbons (Fsp3) is 0.353. The molecule has 0 aliphatic heterocycles. The highest BCUT2D eigenvalue weighted by Crippen LogP contribution is 2.18. The highest BCUT2D eigenvalue weighted by atomic mass is 32.1. The lowest BCUT2D eigenvalue weighted by Crippen LogP contribution is -2.30. The molecule has 0 aliphatic rings. The summed E-state index contributed by atoms with van der Waals surface area (Å²) in [5.74, 6) is 0.830. The zero-order valence-corrected chi connectivity index (χ0v) is 14.1. The van der Waals surface area contributed by atoms with Crippen LogP contribution < -0.4 is 10.1 Å². The standard InChI is InChI=1S/C17H22N2O2S/c1-13-5-4-6-15(9-13)21-11-14-10-16(22-12-14)17(20)18-7-8-19(2)3/h4-6,9-10,12H,7-8,11H2,1-3H3,(H,18,20). The molecule has 0 bridgehead atoms. The Morgan fingerprint density at radius 2 is 2.14 bits per heavy atom. The highest BCUT2D eigenvalue weighted by Gasteiger charge is 2.09. The molecular formula is C17H22N2O2S. The average molecular weight is 318 g/mol. The van der Waals surface area contributed by atoms with Crippen molar-refractivity contribution in [3.63, 3.8) is 0 Å². The van der Waals surface area contributed by atoms with Gasteiger partial charge >= 0.3 is 0 Å². The van der Waals surface area contributed by atoms with Crippen LogP contribution in [0.4, 0.5) is 0 Å².